The average molecular weight is 250 g/mol. The topological polar surface area (TPSA) is 15.3 Å². The molecule has 0 spiro atoms. The summed E-state index contributed by atoms with van der Waals surface area (Å²) in [6.07, 6.45) is 7.33. The standard InChI is InChI=1S/C16H30N2/c1-12(2)13-6-8-18(9-7-13)11-16-15-5-3-4-14(15)10-17-16/h12-17H,3-11H2,1-2H3. The molecule has 3 unspecified atom stereocenters. The third-order valence-corrected chi connectivity index (χ3v) is 5.91. The lowest BCUT2D eigenvalue weighted by molar-refractivity contribution is 0.140. The Hall–Kier alpha value is -0.0800. The first-order valence-corrected chi connectivity index (χ1v) is 8.20. The third kappa shape index (κ3) is 2.60. The first-order chi connectivity index (χ1) is 8.74. The Morgan fingerprint density at radius 1 is 1.11 bits per heavy atom. The van der Waals surface area contributed by atoms with Crippen LogP contribution in [-0.2, 0) is 0 Å². The van der Waals surface area contributed by atoms with Gasteiger partial charge in [-0.05, 0) is 69.0 Å². The number of nitrogens with one attached hydrogen (secondary N) is 1. The minimum Gasteiger partial charge on any atom is -0.312 e. The van der Waals surface area contributed by atoms with E-state index < -0.39 is 0 Å². The van der Waals surface area contributed by atoms with Crippen molar-refractivity contribution >= 4 is 0 Å². The molecule has 0 aromatic heterocycles. The molecule has 2 heteroatoms. The lowest BCUT2D eigenvalue weighted by Gasteiger charge is -2.36. The number of nitrogens with zero attached hydrogens (tertiary/aromatic N) is 1. The molecule has 3 fully saturated rings. The van der Waals surface area contributed by atoms with Crippen molar-refractivity contribution in [2.75, 3.05) is 26.2 Å². The number of hydrogen-bond donors (Lipinski definition) is 1. The highest BCUT2D eigenvalue weighted by Gasteiger charge is 2.39. The molecule has 2 nitrogen and oxygen atoms in total. The predicted molar refractivity (Wildman–Crippen MR) is 76.6 cm³/mol. The molecule has 0 radical (unpaired) electrons. The first-order valence-electron chi connectivity index (χ1n) is 8.20. The van der Waals surface area contributed by atoms with E-state index in [1.54, 1.807) is 0 Å². The van der Waals surface area contributed by atoms with Crippen LogP contribution in [0.25, 0.3) is 0 Å². The second kappa shape index (κ2) is 5.50. The van der Waals surface area contributed by atoms with Gasteiger partial charge in [-0.25, -0.2) is 0 Å². The highest BCUT2D eigenvalue weighted by atomic mass is 15.2. The molecule has 2 aliphatic heterocycles. The molecule has 104 valence electrons. The molecular weight excluding hydrogens is 220 g/mol. The number of piperidine rings is 1. The zero-order valence-corrected chi connectivity index (χ0v) is 12.2. The quantitative estimate of drug-likeness (QED) is 0.828. The maximum atomic E-state index is 3.80. The van der Waals surface area contributed by atoms with Crippen molar-refractivity contribution in [1.29, 1.82) is 0 Å². The summed E-state index contributed by atoms with van der Waals surface area (Å²) >= 11 is 0. The van der Waals surface area contributed by atoms with Gasteiger partial charge in [-0.15, -0.1) is 0 Å². The molecule has 1 aliphatic carbocycles. The Morgan fingerprint density at radius 3 is 2.61 bits per heavy atom. The van der Waals surface area contributed by atoms with Gasteiger partial charge in [-0.2, -0.15) is 0 Å². The highest BCUT2D eigenvalue weighted by Crippen LogP contribution is 2.38. The van der Waals surface area contributed by atoms with Gasteiger partial charge in [0.05, 0.1) is 0 Å². The van der Waals surface area contributed by atoms with Crippen LogP contribution in [0.4, 0.5) is 0 Å². The zero-order valence-electron chi connectivity index (χ0n) is 12.2. The molecule has 1 saturated carbocycles. The van der Waals surface area contributed by atoms with Crippen LogP contribution >= 0.6 is 0 Å². The normalized spacial score (nSPS) is 38.5. The van der Waals surface area contributed by atoms with Crippen LogP contribution in [0.2, 0.25) is 0 Å². The van der Waals surface area contributed by atoms with Crippen LogP contribution < -0.4 is 5.32 Å². The van der Waals surface area contributed by atoms with Crippen LogP contribution in [-0.4, -0.2) is 37.1 Å². The maximum absolute atomic E-state index is 3.80. The van der Waals surface area contributed by atoms with E-state index in [4.69, 9.17) is 0 Å². The molecule has 3 aliphatic rings. The van der Waals surface area contributed by atoms with Crippen molar-refractivity contribution in [3.8, 4) is 0 Å². The number of hydrogen-bond acceptors (Lipinski definition) is 2. The van der Waals surface area contributed by atoms with Crippen molar-refractivity contribution in [1.82, 2.24) is 10.2 Å². The molecule has 0 bridgehead atoms. The average Bonchev–Trinajstić information content (AvgIpc) is 2.95. The van der Waals surface area contributed by atoms with E-state index in [0.717, 1.165) is 29.7 Å². The van der Waals surface area contributed by atoms with E-state index in [0.29, 0.717) is 0 Å². The van der Waals surface area contributed by atoms with E-state index in [1.165, 1.54) is 58.3 Å². The predicted octanol–water partition coefficient (Wildman–Crippen LogP) is 2.74. The smallest absolute Gasteiger partial charge is 0.0226 e. The summed E-state index contributed by atoms with van der Waals surface area (Å²) in [7, 11) is 0. The molecule has 0 aromatic carbocycles. The van der Waals surface area contributed by atoms with E-state index in [9.17, 15) is 0 Å². The van der Waals surface area contributed by atoms with Gasteiger partial charge in [0.15, 0.2) is 0 Å². The van der Waals surface area contributed by atoms with Gasteiger partial charge in [0.2, 0.25) is 0 Å². The Morgan fingerprint density at radius 2 is 1.89 bits per heavy atom. The fraction of sp³-hybridized carbons (Fsp3) is 1.00. The van der Waals surface area contributed by atoms with Gasteiger partial charge in [-0.1, -0.05) is 20.3 Å². The van der Waals surface area contributed by atoms with Crippen molar-refractivity contribution in [3.63, 3.8) is 0 Å². The molecule has 18 heavy (non-hydrogen) atoms. The maximum Gasteiger partial charge on any atom is 0.0226 e. The van der Waals surface area contributed by atoms with Crippen LogP contribution in [0.15, 0.2) is 0 Å². The number of rotatable bonds is 3. The Kier molecular flexibility index (Phi) is 3.95. The van der Waals surface area contributed by atoms with Crippen LogP contribution in [0, 0.1) is 23.7 Å². The van der Waals surface area contributed by atoms with Crippen molar-refractivity contribution < 1.29 is 0 Å². The molecule has 2 heterocycles. The fourth-order valence-corrected chi connectivity index (χ4v) is 4.58. The third-order valence-electron chi connectivity index (χ3n) is 5.91. The molecule has 1 N–H and O–H groups in total. The van der Waals surface area contributed by atoms with Gasteiger partial charge < -0.3 is 10.2 Å². The van der Waals surface area contributed by atoms with Crippen molar-refractivity contribution in [3.05, 3.63) is 0 Å². The lowest BCUT2D eigenvalue weighted by Crippen LogP contribution is -2.44. The Bertz CT molecular complexity index is 268. The summed E-state index contributed by atoms with van der Waals surface area (Å²) < 4.78 is 0. The number of fused-ring (bicyclic) bond motifs is 1. The van der Waals surface area contributed by atoms with Gasteiger partial charge in [0.1, 0.15) is 0 Å². The summed E-state index contributed by atoms with van der Waals surface area (Å²) in [6, 6.07) is 0.813. The Labute approximate surface area is 113 Å². The number of likely N-dealkylation sites (tertiary alicyclic amines) is 1. The van der Waals surface area contributed by atoms with Gasteiger partial charge >= 0.3 is 0 Å². The monoisotopic (exact) mass is 250 g/mol. The van der Waals surface area contributed by atoms with E-state index in [2.05, 4.69) is 24.1 Å². The van der Waals surface area contributed by atoms with E-state index in [1.807, 2.05) is 0 Å². The second-order valence-corrected chi connectivity index (χ2v) is 7.25. The zero-order chi connectivity index (χ0) is 12.5. The summed E-state index contributed by atoms with van der Waals surface area (Å²) in [4.78, 5) is 2.73. The largest absolute Gasteiger partial charge is 0.312 e. The van der Waals surface area contributed by atoms with E-state index >= 15 is 0 Å². The van der Waals surface area contributed by atoms with E-state index in [-0.39, 0.29) is 0 Å². The van der Waals surface area contributed by atoms with Gasteiger partial charge in [-0.3, -0.25) is 0 Å². The lowest BCUT2D eigenvalue weighted by atomic mass is 9.86. The molecular formula is C16H30N2. The van der Waals surface area contributed by atoms with Gasteiger partial charge in [0, 0.05) is 12.6 Å². The SMILES string of the molecule is CC(C)C1CCN(CC2NCC3CCCC32)CC1. The molecule has 3 rings (SSSR count). The summed E-state index contributed by atoms with van der Waals surface area (Å²) in [5.41, 5.74) is 0. The minimum absolute atomic E-state index is 0.813. The molecule has 0 amide bonds. The summed E-state index contributed by atoms with van der Waals surface area (Å²) in [5.74, 6) is 3.89. The summed E-state index contributed by atoms with van der Waals surface area (Å²) in [5, 5.41) is 3.80. The highest BCUT2D eigenvalue weighted by molar-refractivity contribution is 4.95. The van der Waals surface area contributed by atoms with Gasteiger partial charge in [0.25, 0.3) is 0 Å². The van der Waals surface area contributed by atoms with Crippen molar-refractivity contribution in [2.45, 2.75) is 52.0 Å². The first kappa shape index (κ1) is 12.9. The molecule has 3 atom stereocenters. The van der Waals surface area contributed by atoms with Crippen LogP contribution in [0.1, 0.15) is 46.0 Å². The molecule has 0 aromatic rings. The minimum atomic E-state index is 0.813. The molecule has 2 saturated heterocycles. The fourth-order valence-electron chi connectivity index (χ4n) is 4.58. The van der Waals surface area contributed by atoms with Crippen LogP contribution in [0.3, 0.4) is 0 Å². The second-order valence-electron chi connectivity index (χ2n) is 7.25. The Balaban J connectivity index is 1.47. The van der Waals surface area contributed by atoms with Crippen LogP contribution in [0.5, 0.6) is 0 Å². The van der Waals surface area contributed by atoms with Crippen molar-refractivity contribution in [2.24, 2.45) is 23.7 Å². The summed E-state index contributed by atoms with van der Waals surface area (Å²) in [6.45, 7) is 10.1.